The van der Waals surface area contributed by atoms with Gasteiger partial charge in [-0.3, -0.25) is 0 Å². The second-order valence-corrected chi connectivity index (χ2v) is 6.82. The van der Waals surface area contributed by atoms with Crippen LogP contribution in [-0.2, 0) is 12.8 Å². The number of hydrogen-bond donors (Lipinski definition) is 1. The number of anilines is 2. The summed E-state index contributed by atoms with van der Waals surface area (Å²) in [7, 11) is 4.02. The van der Waals surface area contributed by atoms with Crippen molar-refractivity contribution in [1.82, 2.24) is 0 Å². The van der Waals surface area contributed by atoms with Crippen molar-refractivity contribution in [2.45, 2.75) is 32.6 Å². The lowest BCUT2D eigenvalue weighted by Gasteiger charge is -2.25. The number of aryl methyl sites for hydroxylation is 1. The zero-order valence-electron chi connectivity index (χ0n) is 15.0. The number of fused-ring (bicyclic) bond motifs is 1. The second kappa shape index (κ2) is 6.49. The number of nitrogens with zero attached hydrogens (tertiary/aromatic N) is 3. The predicted octanol–water partition coefficient (Wildman–Crippen LogP) is 3.93. The first kappa shape index (κ1) is 16.9. The van der Waals surface area contributed by atoms with Crippen molar-refractivity contribution in [2.24, 2.45) is 0 Å². The molecule has 2 aromatic rings. The molecule has 0 aliphatic heterocycles. The van der Waals surface area contributed by atoms with Crippen LogP contribution >= 0.6 is 0 Å². The third-order valence-electron chi connectivity index (χ3n) is 5.08. The Bertz CT molecular complexity index is 927. The molecule has 126 valence electrons. The standard InChI is InChI=1S/C21H22N4/c1-13-10-14(25(2)3)8-9-15(13)20-17-7-5-4-6-16(17)18(11-22)21(24)19(20)12-23/h8-10H,4-7,24H2,1-3H3. The minimum absolute atomic E-state index is 0.330. The van der Waals surface area contributed by atoms with Crippen LogP contribution in [-0.4, -0.2) is 14.1 Å². The number of nitriles is 2. The molecule has 0 unspecified atom stereocenters. The summed E-state index contributed by atoms with van der Waals surface area (Å²) in [5.74, 6) is 0. The molecule has 25 heavy (non-hydrogen) atoms. The lowest BCUT2D eigenvalue weighted by atomic mass is 9.79. The molecule has 0 aromatic heterocycles. The Kier molecular flexibility index (Phi) is 4.38. The molecule has 0 radical (unpaired) electrons. The summed E-state index contributed by atoms with van der Waals surface area (Å²) in [6, 6.07) is 10.8. The molecule has 0 fully saturated rings. The molecule has 2 N–H and O–H groups in total. The van der Waals surface area contributed by atoms with E-state index in [0.717, 1.165) is 59.2 Å². The number of nitrogen functional groups attached to an aromatic ring is 1. The van der Waals surface area contributed by atoms with Crippen LogP contribution in [0.5, 0.6) is 0 Å². The summed E-state index contributed by atoms with van der Waals surface area (Å²) in [5.41, 5.74) is 13.9. The first-order valence-electron chi connectivity index (χ1n) is 8.55. The maximum absolute atomic E-state index is 9.77. The Balaban J connectivity index is 2.36. The molecule has 4 nitrogen and oxygen atoms in total. The fraction of sp³-hybridized carbons (Fsp3) is 0.333. The van der Waals surface area contributed by atoms with Gasteiger partial charge in [0.05, 0.1) is 16.8 Å². The van der Waals surface area contributed by atoms with Gasteiger partial charge in [0.1, 0.15) is 12.1 Å². The molecular formula is C21H22N4. The first-order chi connectivity index (χ1) is 12.0. The lowest BCUT2D eigenvalue weighted by Crippen LogP contribution is -2.13. The molecule has 4 heteroatoms. The second-order valence-electron chi connectivity index (χ2n) is 6.82. The van der Waals surface area contributed by atoms with Crippen LogP contribution in [0.25, 0.3) is 11.1 Å². The lowest BCUT2D eigenvalue weighted by molar-refractivity contribution is 0.685. The van der Waals surface area contributed by atoms with Crippen LogP contribution in [0.1, 0.15) is 40.7 Å². The molecule has 0 spiro atoms. The molecule has 0 saturated heterocycles. The van der Waals surface area contributed by atoms with Gasteiger partial charge in [-0.25, -0.2) is 0 Å². The SMILES string of the molecule is Cc1cc(N(C)C)ccc1-c1c(C#N)c(N)c(C#N)c2c1CCCC2. The van der Waals surface area contributed by atoms with Gasteiger partial charge in [-0.1, -0.05) is 6.07 Å². The quantitative estimate of drug-likeness (QED) is 0.846. The largest absolute Gasteiger partial charge is 0.397 e. The van der Waals surface area contributed by atoms with Gasteiger partial charge >= 0.3 is 0 Å². The highest BCUT2D eigenvalue weighted by molar-refractivity contribution is 5.87. The van der Waals surface area contributed by atoms with Crippen LogP contribution in [0.3, 0.4) is 0 Å². The topological polar surface area (TPSA) is 76.8 Å². The average Bonchev–Trinajstić information content (AvgIpc) is 2.61. The normalized spacial score (nSPS) is 12.8. The molecular weight excluding hydrogens is 308 g/mol. The molecule has 1 aliphatic rings. The molecule has 0 atom stereocenters. The number of nitrogens with two attached hydrogens (primary N) is 1. The third kappa shape index (κ3) is 2.71. The Morgan fingerprint density at radius 1 is 1.00 bits per heavy atom. The van der Waals surface area contributed by atoms with E-state index in [1.807, 2.05) is 14.1 Å². The van der Waals surface area contributed by atoms with Gasteiger partial charge in [-0.2, -0.15) is 10.5 Å². The highest BCUT2D eigenvalue weighted by atomic mass is 15.1. The van der Waals surface area contributed by atoms with Crippen molar-refractivity contribution in [3.8, 4) is 23.3 Å². The van der Waals surface area contributed by atoms with E-state index in [9.17, 15) is 10.5 Å². The maximum atomic E-state index is 9.77. The van der Waals surface area contributed by atoms with Crippen molar-refractivity contribution >= 4 is 11.4 Å². The van der Waals surface area contributed by atoms with Gasteiger partial charge in [-0.15, -0.1) is 0 Å². The van der Waals surface area contributed by atoms with Crippen molar-refractivity contribution < 1.29 is 0 Å². The van der Waals surface area contributed by atoms with Crippen LogP contribution in [0.2, 0.25) is 0 Å². The van der Waals surface area contributed by atoms with E-state index in [2.05, 4.69) is 42.2 Å². The van der Waals surface area contributed by atoms with Gasteiger partial charge in [0.15, 0.2) is 0 Å². The highest BCUT2D eigenvalue weighted by Gasteiger charge is 2.25. The van der Waals surface area contributed by atoms with Gasteiger partial charge < -0.3 is 10.6 Å². The Hall–Kier alpha value is -2.98. The van der Waals surface area contributed by atoms with Crippen molar-refractivity contribution in [1.29, 1.82) is 10.5 Å². The first-order valence-corrected chi connectivity index (χ1v) is 8.55. The Labute approximate surface area is 149 Å². The van der Waals surface area contributed by atoms with Crippen LogP contribution < -0.4 is 10.6 Å². The van der Waals surface area contributed by atoms with Crippen LogP contribution in [0.15, 0.2) is 18.2 Å². The number of benzene rings is 2. The molecule has 0 bridgehead atoms. The minimum Gasteiger partial charge on any atom is -0.397 e. The number of rotatable bonds is 2. The fourth-order valence-corrected chi connectivity index (χ4v) is 3.78. The highest BCUT2D eigenvalue weighted by Crippen LogP contribution is 2.41. The molecule has 2 aromatic carbocycles. The summed E-state index contributed by atoms with van der Waals surface area (Å²) in [4.78, 5) is 2.06. The zero-order chi connectivity index (χ0) is 18.1. The molecule has 1 aliphatic carbocycles. The summed E-state index contributed by atoms with van der Waals surface area (Å²) in [6.45, 7) is 2.06. The minimum atomic E-state index is 0.330. The average molecular weight is 330 g/mol. The van der Waals surface area contributed by atoms with E-state index in [4.69, 9.17) is 5.73 Å². The van der Waals surface area contributed by atoms with Gasteiger partial charge in [0, 0.05) is 25.3 Å². The summed E-state index contributed by atoms with van der Waals surface area (Å²) >= 11 is 0. The maximum Gasteiger partial charge on any atom is 0.102 e. The van der Waals surface area contributed by atoms with E-state index in [1.165, 1.54) is 0 Å². The van der Waals surface area contributed by atoms with Crippen molar-refractivity contribution in [3.63, 3.8) is 0 Å². The van der Waals surface area contributed by atoms with Crippen LogP contribution in [0, 0.1) is 29.6 Å². The summed E-state index contributed by atoms with van der Waals surface area (Å²) in [5, 5.41) is 19.3. The predicted molar refractivity (Wildman–Crippen MR) is 101 cm³/mol. The smallest absolute Gasteiger partial charge is 0.102 e. The van der Waals surface area contributed by atoms with Crippen LogP contribution in [0.4, 0.5) is 11.4 Å². The van der Waals surface area contributed by atoms with Crippen molar-refractivity contribution in [2.75, 3.05) is 24.7 Å². The van der Waals surface area contributed by atoms with E-state index < -0.39 is 0 Å². The molecule has 0 saturated carbocycles. The fourth-order valence-electron chi connectivity index (χ4n) is 3.78. The molecule has 3 rings (SSSR count). The summed E-state index contributed by atoms with van der Waals surface area (Å²) in [6.07, 6.45) is 3.89. The van der Waals surface area contributed by atoms with Crippen molar-refractivity contribution in [3.05, 3.63) is 46.0 Å². The van der Waals surface area contributed by atoms with E-state index in [1.54, 1.807) is 0 Å². The molecule has 0 heterocycles. The number of hydrogen-bond acceptors (Lipinski definition) is 4. The third-order valence-corrected chi connectivity index (χ3v) is 5.08. The monoisotopic (exact) mass is 330 g/mol. The van der Waals surface area contributed by atoms with E-state index in [-0.39, 0.29) is 0 Å². The van der Waals surface area contributed by atoms with Gasteiger partial charge in [0.25, 0.3) is 0 Å². The van der Waals surface area contributed by atoms with Gasteiger partial charge in [0.2, 0.25) is 0 Å². The Morgan fingerprint density at radius 2 is 1.64 bits per heavy atom. The van der Waals surface area contributed by atoms with Gasteiger partial charge in [-0.05, 0) is 67.0 Å². The summed E-state index contributed by atoms with van der Waals surface area (Å²) < 4.78 is 0. The van der Waals surface area contributed by atoms with E-state index in [0.29, 0.717) is 16.8 Å². The molecule has 0 amide bonds. The van der Waals surface area contributed by atoms with E-state index >= 15 is 0 Å². The Morgan fingerprint density at radius 3 is 2.20 bits per heavy atom. The zero-order valence-corrected chi connectivity index (χ0v) is 15.0.